The van der Waals surface area contributed by atoms with Crippen molar-refractivity contribution >= 4 is 54.3 Å². The van der Waals surface area contributed by atoms with E-state index in [1.165, 1.54) is 9.81 Å². The first-order chi connectivity index (χ1) is 6.36. The van der Waals surface area contributed by atoms with Gasteiger partial charge in [-0.1, -0.05) is 0 Å². The molecule has 0 spiro atoms. The Morgan fingerprint density at radius 3 is 3.23 bits per heavy atom. The molecule has 3 rings (SSSR count). The van der Waals surface area contributed by atoms with Gasteiger partial charge in [0.05, 0.1) is 0 Å². The van der Waals surface area contributed by atoms with E-state index >= 15 is 0 Å². The fourth-order valence-corrected chi connectivity index (χ4v) is 7.60. The minimum absolute atomic E-state index is 0.352. The van der Waals surface area contributed by atoms with Crippen molar-refractivity contribution < 1.29 is 0 Å². The zero-order chi connectivity index (χ0) is 8.84. The molecular weight excluding hydrogens is 336 g/mol. The van der Waals surface area contributed by atoms with Crippen LogP contribution in [-0.4, -0.2) is 45.9 Å². The molecule has 3 aliphatic rings. The van der Waals surface area contributed by atoms with Crippen LogP contribution >= 0.6 is 20.4 Å². The fraction of sp³-hybridized carbons (Fsp3) is 0.167. The van der Waals surface area contributed by atoms with E-state index in [1.54, 1.807) is 0 Å². The number of rotatable bonds is 0. The van der Waals surface area contributed by atoms with E-state index < -0.39 is 0 Å². The molecule has 0 saturated carbocycles. The molecule has 0 N–H and O–H groups in total. The molecule has 3 heterocycles. The summed E-state index contributed by atoms with van der Waals surface area (Å²) in [7, 11) is 5.81. The Morgan fingerprint density at radius 2 is 2.31 bits per heavy atom. The van der Waals surface area contributed by atoms with Crippen LogP contribution in [0.5, 0.6) is 0 Å². The summed E-state index contributed by atoms with van der Waals surface area (Å²) in [5.41, 5.74) is 0. The van der Waals surface area contributed by atoms with Crippen molar-refractivity contribution in [3.05, 3.63) is 21.7 Å². The predicted octanol–water partition coefficient (Wildman–Crippen LogP) is 0.550. The van der Waals surface area contributed by atoms with Crippen LogP contribution in [0.4, 0.5) is 0 Å². The van der Waals surface area contributed by atoms with Crippen LogP contribution < -0.4 is 4.33 Å². The van der Waals surface area contributed by atoms with Crippen molar-refractivity contribution in [1.82, 2.24) is 9.23 Å². The average Bonchev–Trinajstić information content (AvgIpc) is 2.71. The van der Waals surface area contributed by atoms with E-state index in [0.29, 0.717) is 28.1 Å². The summed E-state index contributed by atoms with van der Waals surface area (Å²) in [6.45, 7) is 0. The van der Waals surface area contributed by atoms with Gasteiger partial charge in [0.15, 0.2) is 0 Å². The third-order valence-electron chi connectivity index (χ3n) is 1.84. The van der Waals surface area contributed by atoms with Gasteiger partial charge in [0.25, 0.3) is 0 Å². The molecule has 13 heavy (non-hydrogen) atoms. The van der Waals surface area contributed by atoms with E-state index in [-0.39, 0.29) is 0 Å². The Bertz CT molecular complexity index is 363. The van der Waals surface area contributed by atoms with E-state index in [4.69, 9.17) is 0 Å². The third kappa shape index (κ3) is 1.30. The molecule has 0 aliphatic carbocycles. The predicted molar refractivity (Wildman–Crippen MR) is 59.1 cm³/mol. The molecule has 0 aromatic heterocycles. The zero-order valence-corrected chi connectivity index (χ0v) is 11.6. The molecule has 0 aromatic rings. The first-order valence-corrected chi connectivity index (χ1v) is 10.7. The second kappa shape index (κ2) is 3.26. The van der Waals surface area contributed by atoms with Crippen molar-refractivity contribution in [3.8, 4) is 0 Å². The van der Waals surface area contributed by atoms with Gasteiger partial charge < -0.3 is 0 Å². The van der Waals surface area contributed by atoms with Crippen LogP contribution in [0, 0.1) is 0 Å². The first kappa shape index (κ1) is 8.77. The van der Waals surface area contributed by atoms with Crippen LogP contribution in [0.15, 0.2) is 25.7 Å². The molecule has 0 atom stereocenters. The van der Waals surface area contributed by atoms with Gasteiger partial charge in [0.1, 0.15) is 0 Å². The molecule has 0 fully saturated rings. The van der Waals surface area contributed by atoms with Gasteiger partial charge in [-0.25, -0.2) is 0 Å². The molecular formula is C6H4N3S2Se2. The van der Waals surface area contributed by atoms with Crippen LogP contribution in [0.1, 0.15) is 0 Å². The van der Waals surface area contributed by atoms with Gasteiger partial charge in [-0.05, 0) is 0 Å². The zero-order valence-electron chi connectivity index (χ0n) is 6.55. The Hall–Kier alpha value is 0.489. The van der Waals surface area contributed by atoms with Gasteiger partial charge in [0.2, 0.25) is 0 Å². The normalized spacial score (nSPS) is 25.2. The van der Waals surface area contributed by atoms with Gasteiger partial charge in [-0.2, -0.15) is 0 Å². The van der Waals surface area contributed by atoms with E-state index in [9.17, 15) is 0 Å². The van der Waals surface area contributed by atoms with E-state index in [2.05, 4.69) is 26.4 Å². The number of nitrogens with zero attached hydrogens (tertiary/aromatic N) is 3. The number of hydrogen-bond acceptors (Lipinski definition) is 4. The van der Waals surface area contributed by atoms with Crippen LogP contribution in [0.3, 0.4) is 0 Å². The molecule has 0 saturated heterocycles. The maximum atomic E-state index is 4.50. The molecule has 0 amide bonds. The second-order valence-corrected chi connectivity index (χ2v) is 8.83. The monoisotopic (exact) mass is 342 g/mol. The second-order valence-electron chi connectivity index (χ2n) is 2.58. The van der Waals surface area contributed by atoms with Crippen molar-refractivity contribution in [2.45, 2.75) is 0 Å². The number of hydrogen-bond donors (Lipinski definition) is 0. The Morgan fingerprint density at radius 1 is 1.38 bits per heavy atom. The van der Waals surface area contributed by atoms with Crippen molar-refractivity contribution in [3.63, 3.8) is 0 Å². The van der Waals surface area contributed by atoms with E-state index in [1.807, 2.05) is 20.4 Å². The topological polar surface area (TPSA) is 29.7 Å². The molecule has 0 bridgehead atoms. The SMILES string of the molecule is CN1C2=N[Se]SC2=CC2=C1[N][Se]S2. The third-order valence-corrected chi connectivity index (χ3v) is 7.96. The van der Waals surface area contributed by atoms with Gasteiger partial charge in [-0.15, -0.1) is 0 Å². The quantitative estimate of drug-likeness (QED) is 0.604. The molecule has 0 unspecified atom stereocenters. The van der Waals surface area contributed by atoms with Gasteiger partial charge in [0, 0.05) is 0 Å². The van der Waals surface area contributed by atoms with Crippen LogP contribution in [0.25, 0.3) is 0 Å². The summed E-state index contributed by atoms with van der Waals surface area (Å²) < 4.78 is 9.00. The first-order valence-electron chi connectivity index (χ1n) is 3.53. The van der Waals surface area contributed by atoms with Crippen LogP contribution in [-0.2, 0) is 0 Å². The van der Waals surface area contributed by atoms with Crippen molar-refractivity contribution in [1.29, 1.82) is 0 Å². The Kier molecular flexibility index (Phi) is 2.20. The summed E-state index contributed by atoms with van der Waals surface area (Å²) in [6, 6.07) is 0. The Labute approximate surface area is 95.7 Å². The minimum atomic E-state index is 0.352. The summed E-state index contributed by atoms with van der Waals surface area (Å²) in [5, 5.41) is 0. The summed E-state index contributed by atoms with van der Waals surface area (Å²) in [4.78, 5) is 4.80. The Balaban J connectivity index is 2.10. The molecule has 7 heteroatoms. The summed E-state index contributed by atoms with van der Waals surface area (Å²) in [5.74, 6) is 2.26. The number of amidine groups is 1. The summed E-state index contributed by atoms with van der Waals surface area (Å²) >= 11 is 0.704. The molecule has 3 aliphatic heterocycles. The number of likely N-dealkylation sites (N-methyl/N-ethyl adjacent to an activating group) is 1. The van der Waals surface area contributed by atoms with Crippen molar-refractivity contribution in [2.24, 2.45) is 4.01 Å². The maximum absolute atomic E-state index is 4.50. The number of allylic oxidation sites excluding steroid dienone is 1. The molecule has 3 nitrogen and oxygen atoms in total. The van der Waals surface area contributed by atoms with Gasteiger partial charge >= 0.3 is 96.3 Å². The summed E-state index contributed by atoms with van der Waals surface area (Å²) in [6.07, 6.45) is 2.25. The molecule has 1 radical (unpaired) electrons. The average molecular weight is 340 g/mol. The van der Waals surface area contributed by atoms with E-state index in [0.717, 1.165) is 11.7 Å². The van der Waals surface area contributed by atoms with Gasteiger partial charge in [-0.3, -0.25) is 0 Å². The van der Waals surface area contributed by atoms with Crippen LogP contribution in [0.2, 0.25) is 0 Å². The molecule has 0 aromatic carbocycles. The van der Waals surface area contributed by atoms with Crippen molar-refractivity contribution in [2.75, 3.05) is 7.05 Å². The fourth-order valence-electron chi connectivity index (χ4n) is 1.20. The standard InChI is InChI=1S/C6H4N3S2Se2/c1-9-5-3(10-12-7-5)2-4-6(9)8-13-11-4/h2H,1H3. The number of fused-ring (bicyclic) bond motifs is 1. The molecule has 67 valence electrons.